The van der Waals surface area contributed by atoms with E-state index >= 15 is 0 Å². The quantitative estimate of drug-likeness (QED) is 0.168. The molecule has 0 bridgehead atoms. The Labute approximate surface area is 372 Å². The van der Waals surface area contributed by atoms with Gasteiger partial charge >= 0.3 is 0 Å². The van der Waals surface area contributed by atoms with Gasteiger partial charge in [0.15, 0.2) is 0 Å². The molecule has 1 aromatic heterocycles. The Morgan fingerprint density at radius 1 is 0.328 bits per heavy atom. The van der Waals surface area contributed by atoms with E-state index in [-0.39, 0.29) is 0 Å². The van der Waals surface area contributed by atoms with Crippen molar-refractivity contribution in [1.29, 1.82) is 0 Å². The molecule has 10 aromatic carbocycles. The number of rotatable bonds is 5. The van der Waals surface area contributed by atoms with Crippen LogP contribution in [0.25, 0.3) is 49.7 Å². The molecule has 2 aliphatic carbocycles. The van der Waals surface area contributed by atoms with E-state index in [9.17, 15) is 0 Å². The van der Waals surface area contributed by atoms with Crippen LogP contribution in [0.2, 0.25) is 0 Å². The number of fused-ring (bicyclic) bond motifs is 15. The van der Waals surface area contributed by atoms with Crippen molar-refractivity contribution >= 4 is 38.9 Å². The number of para-hydroxylation sites is 4. The van der Waals surface area contributed by atoms with Gasteiger partial charge in [-0.1, -0.05) is 200 Å². The highest BCUT2D eigenvalue weighted by Crippen LogP contribution is 2.63. The molecular weight excluding hydrogens is 773 g/mol. The van der Waals surface area contributed by atoms with Crippen LogP contribution >= 0.6 is 0 Å². The molecule has 1 unspecified atom stereocenters. The van der Waals surface area contributed by atoms with Crippen LogP contribution in [0.5, 0.6) is 0 Å². The maximum atomic E-state index is 2.53. The highest BCUT2D eigenvalue weighted by molar-refractivity contribution is 6.13. The summed E-state index contributed by atoms with van der Waals surface area (Å²) >= 11 is 0. The summed E-state index contributed by atoms with van der Waals surface area (Å²) in [4.78, 5) is 2.52. The maximum absolute atomic E-state index is 2.53. The lowest BCUT2D eigenvalue weighted by Gasteiger charge is -2.40. The normalized spacial score (nSPS) is 15.7. The fraction of sp³-hybridized carbons (Fsp3) is 0.0323. The van der Waals surface area contributed by atoms with Gasteiger partial charge in [-0.15, -0.1) is 0 Å². The van der Waals surface area contributed by atoms with Crippen LogP contribution in [0.3, 0.4) is 0 Å². The fourth-order valence-corrected chi connectivity index (χ4v) is 12.4. The zero-order valence-electron chi connectivity index (χ0n) is 35.0. The second kappa shape index (κ2) is 13.2. The van der Waals surface area contributed by atoms with Crippen molar-refractivity contribution in [2.75, 3.05) is 4.90 Å². The van der Waals surface area contributed by atoms with Crippen LogP contribution in [-0.2, 0) is 10.8 Å². The van der Waals surface area contributed by atoms with E-state index in [1.165, 1.54) is 94.3 Å². The van der Waals surface area contributed by atoms with Gasteiger partial charge in [0.1, 0.15) is 0 Å². The van der Waals surface area contributed by atoms with Crippen LogP contribution in [0.4, 0.5) is 17.1 Å². The van der Waals surface area contributed by atoms with Crippen molar-refractivity contribution in [2.45, 2.75) is 10.8 Å². The lowest BCUT2D eigenvalue weighted by Crippen LogP contribution is -2.33. The molecule has 64 heavy (non-hydrogen) atoms. The monoisotopic (exact) mass is 812 g/mol. The standard InChI is InChI=1S/C62H40N2/c1-4-20-41(21-5-1)61(42-22-6-2-7-23-42)51-31-14-11-28-49(51)59-53(61)33-19-37-58(59)63(43-24-8-3-9-25-43)44-38-39-46-45-26-10-13-30-50(45)62(55(46)40-44)52-32-15-17-36-57(52)64-56-35-16-12-27-47(56)48-29-18-34-54(62)60(48)64/h1-40H. The smallest absolute Gasteiger partial charge is 0.0755 e. The van der Waals surface area contributed by atoms with Gasteiger partial charge in [0.05, 0.1) is 33.2 Å². The SMILES string of the molecule is c1ccc(N(c2ccc3c(c2)C2(c4ccccc4-3)c3ccccc3-n3c4ccccc4c4cccc2c43)c2cccc3c2-c2ccccc2C3(c2ccccc2)c2ccccc2)cc1. The summed E-state index contributed by atoms with van der Waals surface area (Å²) in [5.41, 5.74) is 21.5. The number of hydrogen-bond donors (Lipinski definition) is 0. The van der Waals surface area contributed by atoms with Gasteiger partial charge in [-0.2, -0.15) is 0 Å². The third-order valence-corrected chi connectivity index (χ3v) is 14.7. The predicted octanol–water partition coefficient (Wildman–Crippen LogP) is 15.3. The number of hydrogen-bond acceptors (Lipinski definition) is 1. The first-order valence-corrected chi connectivity index (χ1v) is 22.4. The van der Waals surface area contributed by atoms with Gasteiger partial charge in [0, 0.05) is 27.7 Å². The van der Waals surface area contributed by atoms with Crippen LogP contribution in [0.1, 0.15) is 44.5 Å². The highest BCUT2D eigenvalue weighted by Gasteiger charge is 2.52. The Morgan fingerprint density at radius 3 is 1.64 bits per heavy atom. The third kappa shape index (κ3) is 4.39. The summed E-state index contributed by atoms with van der Waals surface area (Å²) in [6.07, 6.45) is 0. The summed E-state index contributed by atoms with van der Waals surface area (Å²) in [7, 11) is 0. The molecule has 2 nitrogen and oxygen atoms in total. The first kappa shape index (κ1) is 35.4. The molecule has 1 atom stereocenters. The van der Waals surface area contributed by atoms with Gasteiger partial charge < -0.3 is 9.47 Å². The molecule has 2 heteroatoms. The van der Waals surface area contributed by atoms with E-state index in [4.69, 9.17) is 0 Å². The zero-order chi connectivity index (χ0) is 42.0. The summed E-state index contributed by atoms with van der Waals surface area (Å²) in [6, 6.07) is 90.7. The van der Waals surface area contributed by atoms with Gasteiger partial charge in [0.2, 0.25) is 0 Å². The van der Waals surface area contributed by atoms with Crippen LogP contribution < -0.4 is 4.90 Å². The number of anilines is 3. The molecule has 0 fully saturated rings. The van der Waals surface area contributed by atoms with Crippen molar-refractivity contribution in [3.63, 3.8) is 0 Å². The molecule has 1 spiro atoms. The maximum Gasteiger partial charge on any atom is 0.0755 e. The van der Waals surface area contributed by atoms with E-state index in [0.717, 1.165) is 17.1 Å². The highest BCUT2D eigenvalue weighted by atomic mass is 15.1. The van der Waals surface area contributed by atoms with E-state index in [2.05, 4.69) is 252 Å². The number of benzene rings is 10. The Morgan fingerprint density at radius 2 is 0.875 bits per heavy atom. The van der Waals surface area contributed by atoms with Crippen molar-refractivity contribution in [3.05, 3.63) is 287 Å². The predicted molar refractivity (Wildman–Crippen MR) is 264 cm³/mol. The molecule has 0 saturated carbocycles. The summed E-state index contributed by atoms with van der Waals surface area (Å²) in [5, 5.41) is 2.57. The lowest BCUT2D eigenvalue weighted by atomic mass is 9.65. The molecular formula is C62H40N2. The molecule has 0 radical (unpaired) electrons. The molecule has 298 valence electrons. The number of nitrogens with zero attached hydrogens (tertiary/aromatic N) is 2. The number of aromatic nitrogens is 1. The van der Waals surface area contributed by atoms with Crippen molar-refractivity contribution in [2.24, 2.45) is 0 Å². The van der Waals surface area contributed by atoms with Crippen LogP contribution in [-0.4, -0.2) is 4.57 Å². The third-order valence-electron chi connectivity index (χ3n) is 14.7. The topological polar surface area (TPSA) is 8.17 Å². The first-order chi connectivity index (χ1) is 31.8. The van der Waals surface area contributed by atoms with E-state index in [1.807, 2.05) is 0 Å². The average molecular weight is 813 g/mol. The lowest BCUT2D eigenvalue weighted by molar-refractivity contribution is 0.748. The second-order valence-corrected chi connectivity index (χ2v) is 17.5. The molecule has 11 aromatic rings. The minimum atomic E-state index is -0.564. The van der Waals surface area contributed by atoms with Crippen LogP contribution in [0, 0.1) is 0 Å². The minimum absolute atomic E-state index is 0.514. The molecule has 14 rings (SSSR count). The summed E-state index contributed by atoms with van der Waals surface area (Å²) < 4.78 is 2.53. The van der Waals surface area contributed by atoms with Crippen molar-refractivity contribution < 1.29 is 0 Å². The molecule has 0 N–H and O–H groups in total. The minimum Gasteiger partial charge on any atom is -0.310 e. The van der Waals surface area contributed by atoms with Gasteiger partial charge in [-0.05, 0) is 104 Å². The molecule has 0 saturated heterocycles. The first-order valence-electron chi connectivity index (χ1n) is 22.4. The van der Waals surface area contributed by atoms with Crippen molar-refractivity contribution in [1.82, 2.24) is 4.57 Å². The van der Waals surface area contributed by atoms with E-state index in [1.54, 1.807) is 0 Å². The summed E-state index contributed by atoms with van der Waals surface area (Å²) in [5.74, 6) is 0. The second-order valence-electron chi connectivity index (χ2n) is 17.5. The van der Waals surface area contributed by atoms with E-state index in [0.29, 0.717) is 0 Å². The van der Waals surface area contributed by atoms with Crippen molar-refractivity contribution in [3.8, 4) is 27.9 Å². The van der Waals surface area contributed by atoms with Crippen LogP contribution in [0.15, 0.2) is 243 Å². The van der Waals surface area contributed by atoms with Gasteiger partial charge in [-0.3, -0.25) is 0 Å². The molecule has 3 aliphatic rings. The van der Waals surface area contributed by atoms with Gasteiger partial charge in [-0.25, -0.2) is 0 Å². The largest absolute Gasteiger partial charge is 0.310 e. The summed E-state index contributed by atoms with van der Waals surface area (Å²) in [6.45, 7) is 0. The zero-order valence-corrected chi connectivity index (χ0v) is 35.0. The Kier molecular flexibility index (Phi) is 7.28. The molecule has 0 amide bonds. The Bertz CT molecular complexity index is 3640. The molecule has 2 heterocycles. The Hall–Kier alpha value is -8.20. The Balaban J connectivity index is 1.08. The van der Waals surface area contributed by atoms with E-state index < -0.39 is 10.8 Å². The fourth-order valence-electron chi connectivity index (χ4n) is 12.4. The van der Waals surface area contributed by atoms with Gasteiger partial charge in [0.25, 0.3) is 0 Å². The molecule has 1 aliphatic heterocycles. The average Bonchev–Trinajstić information content (AvgIpc) is 3.98.